The molecule has 0 heterocycles. The van der Waals surface area contributed by atoms with Gasteiger partial charge in [0.25, 0.3) is 0 Å². The minimum absolute atomic E-state index is 0. The van der Waals surface area contributed by atoms with Crippen molar-refractivity contribution in [2.45, 2.75) is 0 Å². The van der Waals surface area contributed by atoms with Crippen molar-refractivity contribution in [3.63, 3.8) is 0 Å². The molecule has 0 aliphatic heterocycles. The van der Waals surface area contributed by atoms with E-state index >= 15 is 0 Å². The predicted molar refractivity (Wildman–Crippen MR) is 5.75 cm³/mol. The molecule has 0 amide bonds. The van der Waals surface area contributed by atoms with Crippen molar-refractivity contribution >= 4 is 51.4 Å². The third-order valence-corrected chi connectivity index (χ3v) is 0. The van der Waals surface area contributed by atoms with E-state index in [9.17, 15) is 0 Å². The van der Waals surface area contributed by atoms with E-state index in [1.54, 1.807) is 0 Å². The zero-order valence-electron chi connectivity index (χ0n) is 2.12. The van der Waals surface area contributed by atoms with E-state index in [1.807, 2.05) is 0 Å². The SMILES string of the molecule is [Co].[Cr].[K].[Mn]. The Balaban J connectivity index is 0. The van der Waals surface area contributed by atoms with Gasteiger partial charge >= 0.3 is 0 Å². The van der Waals surface area contributed by atoms with Gasteiger partial charge in [-0.05, 0) is 0 Å². The molecule has 23 valence electrons. The third-order valence-electron chi connectivity index (χ3n) is 0. The Labute approximate surface area is 100 Å². The molecule has 0 N–H and O–H groups in total. The van der Waals surface area contributed by atoms with Gasteiger partial charge in [0.05, 0.1) is 0 Å². The fourth-order valence-corrected chi connectivity index (χ4v) is 0. The quantitative estimate of drug-likeness (QED) is 0.472. The standard InChI is InChI=1S/Co.Cr.K.Mn. The van der Waals surface area contributed by atoms with Crippen molar-refractivity contribution in [2.75, 3.05) is 0 Å². The van der Waals surface area contributed by atoms with Gasteiger partial charge in [0, 0.05) is 103 Å². The smallest absolute Gasteiger partial charge is 0 e. The molecule has 0 spiro atoms. The Hall–Kier alpha value is 3.19. The van der Waals surface area contributed by atoms with Crippen LogP contribution >= 0.6 is 0 Å². The Bertz CT molecular complexity index is 8.00. The number of rotatable bonds is 0. The van der Waals surface area contributed by atoms with Gasteiger partial charge in [-0.3, -0.25) is 0 Å². The van der Waals surface area contributed by atoms with E-state index in [4.69, 9.17) is 0 Å². The fourth-order valence-electron chi connectivity index (χ4n) is 0. The van der Waals surface area contributed by atoms with Crippen LogP contribution in [0, 0.1) is 0 Å². The molecule has 0 rings (SSSR count). The van der Waals surface area contributed by atoms with Crippen LogP contribution in [0.2, 0.25) is 0 Å². The summed E-state index contributed by atoms with van der Waals surface area (Å²) in [6, 6.07) is 0. The normalized spacial score (nSPS) is 0. The Morgan fingerprint density at radius 3 is 1.00 bits per heavy atom. The van der Waals surface area contributed by atoms with Crippen LogP contribution in [0.1, 0.15) is 0 Å². The third kappa shape index (κ3) is 8.96. The average Bonchev–Trinajstić information content (AvgIpc) is 0. The number of hydrogen-bond acceptors (Lipinski definition) is 0. The second-order valence-corrected chi connectivity index (χ2v) is 0. The molecule has 0 nitrogen and oxygen atoms in total. The predicted octanol–water partition coefficient (Wildman–Crippen LogP) is -0.388. The van der Waals surface area contributed by atoms with E-state index in [0.717, 1.165) is 0 Å². The van der Waals surface area contributed by atoms with Crippen LogP contribution in [0.15, 0.2) is 0 Å². The molecule has 4 heavy (non-hydrogen) atoms. The van der Waals surface area contributed by atoms with Crippen molar-refractivity contribution < 1.29 is 51.2 Å². The molecule has 0 saturated heterocycles. The first-order chi connectivity index (χ1) is 0. The molecule has 0 saturated carbocycles. The largest absolute Gasteiger partial charge is 0 e. The molecule has 3 radical (unpaired) electrons. The fraction of sp³-hybridized carbons (Fsp3) is 0. The Morgan fingerprint density at radius 1 is 1.00 bits per heavy atom. The van der Waals surface area contributed by atoms with Crippen LogP contribution in [0.3, 0.4) is 0 Å². The van der Waals surface area contributed by atoms with Crippen LogP contribution in [-0.4, -0.2) is 51.4 Å². The summed E-state index contributed by atoms with van der Waals surface area (Å²) in [5.41, 5.74) is 0. The first-order valence-corrected chi connectivity index (χ1v) is 0. The topological polar surface area (TPSA) is 0 Å². The maximum atomic E-state index is 0. The van der Waals surface area contributed by atoms with E-state index in [0.29, 0.717) is 0 Å². The molecule has 0 bridgehead atoms. The van der Waals surface area contributed by atoms with Crippen molar-refractivity contribution in [1.29, 1.82) is 0 Å². The summed E-state index contributed by atoms with van der Waals surface area (Å²) in [4.78, 5) is 0. The van der Waals surface area contributed by atoms with Gasteiger partial charge in [-0.2, -0.15) is 0 Å². The molecule has 0 aromatic carbocycles. The van der Waals surface area contributed by atoms with Crippen molar-refractivity contribution in [3.8, 4) is 0 Å². The van der Waals surface area contributed by atoms with E-state index in [-0.39, 0.29) is 103 Å². The average molecular weight is 205 g/mol. The summed E-state index contributed by atoms with van der Waals surface area (Å²) < 4.78 is 0. The minimum Gasteiger partial charge on any atom is 0 e. The van der Waals surface area contributed by atoms with Gasteiger partial charge in [-0.1, -0.05) is 0 Å². The molecule has 0 aromatic rings. The summed E-state index contributed by atoms with van der Waals surface area (Å²) in [5.74, 6) is 0. The Morgan fingerprint density at radius 2 is 1.00 bits per heavy atom. The monoisotopic (exact) mass is 205 g/mol. The molecular formula is CoCrKMn. The van der Waals surface area contributed by atoms with Crippen LogP contribution in [0.4, 0.5) is 0 Å². The van der Waals surface area contributed by atoms with Crippen molar-refractivity contribution in [1.82, 2.24) is 0 Å². The molecular weight excluding hydrogens is 205 g/mol. The second-order valence-electron chi connectivity index (χ2n) is 0. The zero-order valence-corrected chi connectivity index (χ0v) is 8.74. The summed E-state index contributed by atoms with van der Waals surface area (Å²) in [5, 5.41) is 0. The summed E-state index contributed by atoms with van der Waals surface area (Å²) in [7, 11) is 0. The summed E-state index contributed by atoms with van der Waals surface area (Å²) in [6.45, 7) is 0. The molecule has 0 atom stereocenters. The van der Waals surface area contributed by atoms with Crippen LogP contribution in [-0.2, 0) is 51.2 Å². The van der Waals surface area contributed by atoms with Crippen LogP contribution in [0.25, 0.3) is 0 Å². The zero-order chi connectivity index (χ0) is 0. The number of hydrogen-bond donors (Lipinski definition) is 0. The molecule has 0 fully saturated rings. The Kier molecular flexibility index (Phi) is 111. The molecule has 0 unspecified atom stereocenters. The van der Waals surface area contributed by atoms with Crippen LogP contribution in [0.5, 0.6) is 0 Å². The van der Waals surface area contributed by atoms with Gasteiger partial charge < -0.3 is 0 Å². The summed E-state index contributed by atoms with van der Waals surface area (Å²) >= 11 is 0. The summed E-state index contributed by atoms with van der Waals surface area (Å²) in [6.07, 6.45) is 0. The molecule has 0 aliphatic rings. The van der Waals surface area contributed by atoms with Gasteiger partial charge in [0.2, 0.25) is 0 Å². The van der Waals surface area contributed by atoms with E-state index in [1.165, 1.54) is 0 Å². The van der Waals surface area contributed by atoms with Gasteiger partial charge in [-0.15, -0.1) is 0 Å². The van der Waals surface area contributed by atoms with Gasteiger partial charge in [0.15, 0.2) is 0 Å². The molecule has 0 aliphatic carbocycles. The first-order valence-electron chi connectivity index (χ1n) is 0. The first kappa shape index (κ1) is 27.1. The minimum atomic E-state index is 0. The van der Waals surface area contributed by atoms with Gasteiger partial charge in [-0.25, -0.2) is 0 Å². The van der Waals surface area contributed by atoms with Crippen LogP contribution < -0.4 is 0 Å². The van der Waals surface area contributed by atoms with Crippen molar-refractivity contribution in [2.24, 2.45) is 0 Å². The van der Waals surface area contributed by atoms with E-state index in [2.05, 4.69) is 0 Å². The molecule has 0 aromatic heterocycles. The maximum Gasteiger partial charge on any atom is 0 e. The van der Waals surface area contributed by atoms with E-state index < -0.39 is 0 Å². The molecule has 4 heteroatoms. The second kappa shape index (κ2) is 16.4. The van der Waals surface area contributed by atoms with Crippen molar-refractivity contribution in [3.05, 3.63) is 0 Å². The maximum absolute atomic E-state index is 0. The van der Waals surface area contributed by atoms with Gasteiger partial charge in [0.1, 0.15) is 0 Å².